The second-order valence-corrected chi connectivity index (χ2v) is 6.83. The van der Waals surface area contributed by atoms with E-state index in [0.717, 1.165) is 50.9 Å². The number of anilines is 2. The molecule has 1 saturated heterocycles. The number of hydrogen-bond acceptors (Lipinski definition) is 5. The van der Waals surface area contributed by atoms with E-state index in [4.69, 9.17) is 9.47 Å². The Bertz CT molecular complexity index is 612. The van der Waals surface area contributed by atoms with E-state index in [1.165, 1.54) is 0 Å². The van der Waals surface area contributed by atoms with Crippen molar-refractivity contribution in [1.82, 2.24) is 0 Å². The minimum Gasteiger partial charge on any atom is -0.462 e. The largest absolute Gasteiger partial charge is 0.462 e. The van der Waals surface area contributed by atoms with E-state index in [1.54, 1.807) is 6.07 Å². The molecule has 1 N–H and O–H groups in total. The predicted molar refractivity (Wildman–Crippen MR) is 107 cm³/mol. The van der Waals surface area contributed by atoms with Gasteiger partial charge in [-0.15, -0.1) is 0 Å². The van der Waals surface area contributed by atoms with Crippen molar-refractivity contribution in [3.05, 3.63) is 23.8 Å². The van der Waals surface area contributed by atoms with Crippen LogP contribution in [0.25, 0.3) is 0 Å². The minimum absolute atomic E-state index is 0.0156. The number of ether oxygens (including phenoxy) is 2. The van der Waals surface area contributed by atoms with Crippen molar-refractivity contribution in [2.24, 2.45) is 0 Å². The Morgan fingerprint density at radius 3 is 2.59 bits per heavy atom. The molecule has 1 aliphatic rings. The third kappa shape index (κ3) is 6.86. The highest BCUT2D eigenvalue weighted by molar-refractivity contribution is 5.99. The van der Waals surface area contributed by atoms with E-state index in [0.29, 0.717) is 37.5 Å². The maximum atomic E-state index is 12.6. The van der Waals surface area contributed by atoms with E-state index >= 15 is 0 Å². The van der Waals surface area contributed by atoms with Gasteiger partial charge in [-0.3, -0.25) is 4.79 Å². The first-order chi connectivity index (χ1) is 13.2. The highest BCUT2D eigenvalue weighted by Gasteiger charge is 2.20. The first-order valence-corrected chi connectivity index (χ1v) is 10.1. The van der Waals surface area contributed by atoms with Crippen LogP contribution < -0.4 is 10.2 Å². The number of hydrogen-bond donors (Lipinski definition) is 1. The molecule has 1 aromatic rings. The van der Waals surface area contributed by atoms with Crippen molar-refractivity contribution in [2.45, 2.75) is 52.4 Å². The lowest BCUT2D eigenvalue weighted by Gasteiger charge is -2.30. The highest BCUT2D eigenvalue weighted by Crippen LogP contribution is 2.26. The lowest BCUT2D eigenvalue weighted by atomic mass is 10.1. The van der Waals surface area contributed by atoms with Crippen LogP contribution in [0.3, 0.4) is 0 Å². The lowest BCUT2D eigenvalue weighted by Crippen LogP contribution is -2.37. The molecule has 1 aliphatic heterocycles. The summed E-state index contributed by atoms with van der Waals surface area (Å²) in [6.07, 6.45) is 5.52. The van der Waals surface area contributed by atoms with Gasteiger partial charge in [-0.05, 0) is 31.0 Å². The molecule has 0 aromatic heterocycles. The van der Waals surface area contributed by atoms with Crippen LogP contribution in [0.2, 0.25) is 0 Å². The van der Waals surface area contributed by atoms with Gasteiger partial charge < -0.3 is 19.7 Å². The zero-order chi connectivity index (χ0) is 19.5. The van der Waals surface area contributed by atoms with Gasteiger partial charge in [0.2, 0.25) is 5.91 Å². The molecule has 0 spiro atoms. The van der Waals surface area contributed by atoms with Gasteiger partial charge in [-0.2, -0.15) is 0 Å². The molecule has 0 saturated carbocycles. The SMILES string of the molecule is CCCCCCC(=O)Nc1ccc(N2CCOCC2)c(C(=O)OCCC)c1. The number of rotatable bonds is 10. The van der Waals surface area contributed by atoms with Gasteiger partial charge in [0.25, 0.3) is 0 Å². The summed E-state index contributed by atoms with van der Waals surface area (Å²) in [6, 6.07) is 5.47. The molecule has 0 aliphatic carbocycles. The van der Waals surface area contributed by atoms with Crippen LogP contribution in [0.5, 0.6) is 0 Å². The summed E-state index contributed by atoms with van der Waals surface area (Å²) in [7, 11) is 0. The molecule has 6 heteroatoms. The molecule has 0 bridgehead atoms. The summed E-state index contributed by atoms with van der Waals surface area (Å²) in [4.78, 5) is 26.8. The molecular weight excluding hydrogens is 344 g/mol. The lowest BCUT2D eigenvalue weighted by molar-refractivity contribution is -0.116. The molecule has 1 heterocycles. The van der Waals surface area contributed by atoms with Crippen molar-refractivity contribution in [3.63, 3.8) is 0 Å². The number of amides is 1. The average Bonchev–Trinajstić information content (AvgIpc) is 2.70. The highest BCUT2D eigenvalue weighted by atomic mass is 16.5. The Balaban J connectivity index is 2.09. The third-order valence-corrected chi connectivity index (χ3v) is 4.55. The first-order valence-electron chi connectivity index (χ1n) is 10.1. The Kier molecular flexibility index (Phi) is 9.11. The van der Waals surface area contributed by atoms with Gasteiger partial charge in [0.05, 0.1) is 31.1 Å². The topological polar surface area (TPSA) is 67.9 Å². The van der Waals surface area contributed by atoms with Crippen LogP contribution in [0, 0.1) is 0 Å². The van der Waals surface area contributed by atoms with Crippen LogP contribution in [0.15, 0.2) is 18.2 Å². The summed E-state index contributed by atoms with van der Waals surface area (Å²) < 4.78 is 10.8. The summed E-state index contributed by atoms with van der Waals surface area (Å²) in [6.45, 7) is 7.24. The predicted octanol–water partition coefficient (Wildman–Crippen LogP) is 4.00. The smallest absolute Gasteiger partial charge is 0.340 e. The normalized spacial score (nSPS) is 14.1. The zero-order valence-electron chi connectivity index (χ0n) is 16.6. The average molecular weight is 376 g/mol. The van der Waals surface area contributed by atoms with Crippen LogP contribution in [0.4, 0.5) is 11.4 Å². The van der Waals surface area contributed by atoms with Crippen molar-refractivity contribution in [2.75, 3.05) is 43.1 Å². The number of carbonyl (C=O) groups excluding carboxylic acids is 2. The fourth-order valence-electron chi connectivity index (χ4n) is 3.07. The quantitative estimate of drug-likeness (QED) is 0.494. The van der Waals surface area contributed by atoms with Gasteiger partial charge in [0.1, 0.15) is 0 Å². The van der Waals surface area contributed by atoms with Gasteiger partial charge >= 0.3 is 5.97 Å². The number of carbonyl (C=O) groups is 2. The molecule has 0 unspecified atom stereocenters. The molecule has 150 valence electrons. The summed E-state index contributed by atoms with van der Waals surface area (Å²) in [5.41, 5.74) is 1.96. The number of unbranched alkanes of at least 4 members (excludes halogenated alkanes) is 3. The molecule has 6 nitrogen and oxygen atoms in total. The van der Waals surface area contributed by atoms with Crippen molar-refractivity contribution < 1.29 is 19.1 Å². The van der Waals surface area contributed by atoms with Crippen molar-refractivity contribution >= 4 is 23.3 Å². The Labute approximate surface area is 162 Å². The van der Waals surface area contributed by atoms with E-state index in [9.17, 15) is 9.59 Å². The summed E-state index contributed by atoms with van der Waals surface area (Å²) >= 11 is 0. The molecule has 2 rings (SSSR count). The molecule has 1 aromatic carbocycles. The summed E-state index contributed by atoms with van der Waals surface area (Å²) in [5.74, 6) is -0.365. The number of nitrogens with zero attached hydrogens (tertiary/aromatic N) is 1. The van der Waals surface area contributed by atoms with Gasteiger partial charge in [-0.25, -0.2) is 4.79 Å². The fourth-order valence-corrected chi connectivity index (χ4v) is 3.07. The number of morpholine rings is 1. The van der Waals surface area contributed by atoms with E-state index in [1.807, 2.05) is 19.1 Å². The van der Waals surface area contributed by atoms with Crippen molar-refractivity contribution in [1.29, 1.82) is 0 Å². The summed E-state index contributed by atoms with van der Waals surface area (Å²) in [5, 5.41) is 2.91. The first kappa shape index (κ1) is 21.2. The second-order valence-electron chi connectivity index (χ2n) is 6.83. The number of benzene rings is 1. The number of esters is 1. The molecule has 1 amide bonds. The molecule has 0 atom stereocenters. The van der Waals surface area contributed by atoms with Gasteiger partial charge in [0, 0.05) is 25.2 Å². The second kappa shape index (κ2) is 11.6. The van der Waals surface area contributed by atoms with Crippen LogP contribution in [-0.2, 0) is 14.3 Å². The Morgan fingerprint density at radius 1 is 1.11 bits per heavy atom. The van der Waals surface area contributed by atoms with Crippen molar-refractivity contribution in [3.8, 4) is 0 Å². The van der Waals surface area contributed by atoms with E-state index in [2.05, 4.69) is 17.1 Å². The molecule has 1 fully saturated rings. The standard InChI is InChI=1S/C21H32N2O4/c1-3-5-6-7-8-20(24)22-17-9-10-19(23-11-14-26-15-12-23)18(16-17)21(25)27-13-4-2/h9-10,16H,3-8,11-15H2,1-2H3,(H,22,24). The molecule has 27 heavy (non-hydrogen) atoms. The van der Waals surface area contributed by atoms with Gasteiger partial charge in [0.15, 0.2) is 0 Å². The monoisotopic (exact) mass is 376 g/mol. The van der Waals surface area contributed by atoms with E-state index in [-0.39, 0.29) is 11.9 Å². The number of nitrogens with one attached hydrogen (secondary N) is 1. The fraction of sp³-hybridized carbons (Fsp3) is 0.619. The minimum atomic E-state index is -0.350. The molecular formula is C21H32N2O4. The van der Waals surface area contributed by atoms with Crippen LogP contribution >= 0.6 is 0 Å². The van der Waals surface area contributed by atoms with E-state index < -0.39 is 0 Å². The Morgan fingerprint density at radius 2 is 1.89 bits per heavy atom. The maximum absolute atomic E-state index is 12.6. The molecule has 0 radical (unpaired) electrons. The maximum Gasteiger partial charge on any atom is 0.340 e. The third-order valence-electron chi connectivity index (χ3n) is 4.55. The zero-order valence-corrected chi connectivity index (χ0v) is 16.6. The van der Waals surface area contributed by atoms with Crippen LogP contribution in [-0.4, -0.2) is 44.8 Å². The van der Waals surface area contributed by atoms with Gasteiger partial charge in [-0.1, -0.05) is 33.1 Å². The van der Waals surface area contributed by atoms with Crippen LogP contribution in [0.1, 0.15) is 62.7 Å². The Hall–Kier alpha value is -2.08.